The van der Waals surface area contributed by atoms with Gasteiger partial charge in [-0.2, -0.15) is 4.31 Å². The molecule has 0 aliphatic carbocycles. The first-order valence-electron chi connectivity index (χ1n) is 8.74. The van der Waals surface area contributed by atoms with Crippen molar-refractivity contribution in [3.63, 3.8) is 0 Å². The van der Waals surface area contributed by atoms with Gasteiger partial charge >= 0.3 is 6.03 Å². The van der Waals surface area contributed by atoms with Crippen molar-refractivity contribution in [3.8, 4) is 0 Å². The number of benzene rings is 1. The maximum absolute atomic E-state index is 12.7. The molecule has 2 rings (SSSR count). The van der Waals surface area contributed by atoms with E-state index in [2.05, 4.69) is 10.6 Å². The fourth-order valence-electron chi connectivity index (χ4n) is 2.61. The van der Waals surface area contributed by atoms with Crippen molar-refractivity contribution in [2.24, 2.45) is 5.92 Å². The van der Waals surface area contributed by atoms with Crippen molar-refractivity contribution in [1.29, 1.82) is 0 Å². The monoisotopic (exact) mass is 416 g/mol. The van der Waals surface area contributed by atoms with Gasteiger partial charge in [-0.25, -0.2) is 13.2 Å². The maximum Gasteiger partial charge on any atom is 0.321 e. The van der Waals surface area contributed by atoms with E-state index < -0.39 is 22.0 Å². The van der Waals surface area contributed by atoms with E-state index in [0.29, 0.717) is 30.6 Å². The zero-order valence-corrected chi connectivity index (χ0v) is 17.0. The van der Waals surface area contributed by atoms with Crippen LogP contribution in [0.3, 0.4) is 0 Å². The molecule has 1 heterocycles. The second kappa shape index (κ2) is 9.50. The average Bonchev–Trinajstić information content (AvgIpc) is 2.60. The standard InChI is InChI=1S/C17H25ClN4O4S/c1-13(2)11-19-17(24)20-16(23)12-21-6-8-22(9-7-21)27(25,26)15-5-3-4-14(18)10-15/h3-5,10,13H,6-9,11-12H2,1-2H3,(H2,19,20,23,24). The van der Waals surface area contributed by atoms with Gasteiger partial charge in [0, 0.05) is 37.7 Å². The number of nitrogens with zero attached hydrogens (tertiary/aromatic N) is 2. The minimum absolute atomic E-state index is 0.0418. The van der Waals surface area contributed by atoms with Crippen LogP contribution < -0.4 is 10.6 Å². The summed E-state index contributed by atoms with van der Waals surface area (Å²) >= 11 is 5.88. The molecule has 0 saturated carbocycles. The summed E-state index contributed by atoms with van der Waals surface area (Å²) in [5.74, 6) is -0.122. The number of sulfonamides is 1. The Balaban J connectivity index is 1.83. The molecule has 3 amide bonds. The summed E-state index contributed by atoms with van der Waals surface area (Å²) < 4.78 is 26.7. The van der Waals surface area contributed by atoms with E-state index in [0.717, 1.165) is 0 Å². The number of hydrogen-bond donors (Lipinski definition) is 2. The Hall–Kier alpha value is -1.68. The molecule has 1 saturated heterocycles. The third-order valence-electron chi connectivity index (χ3n) is 4.06. The Labute approximate surface area is 164 Å². The number of amides is 3. The van der Waals surface area contributed by atoms with Crippen molar-refractivity contribution in [3.05, 3.63) is 29.3 Å². The van der Waals surface area contributed by atoms with Gasteiger partial charge in [0.1, 0.15) is 0 Å². The molecule has 150 valence electrons. The quantitative estimate of drug-likeness (QED) is 0.724. The molecule has 0 atom stereocenters. The molecule has 2 N–H and O–H groups in total. The molecule has 1 fully saturated rings. The molecule has 1 aliphatic heterocycles. The van der Waals surface area contributed by atoms with Crippen molar-refractivity contribution >= 4 is 33.6 Å². The van der Waals surface area contributed by atoms with Gasteiger partial charge in [-0.05, 0) is 24.1 Å². The van der Waals surface area contributed by atoms with Crippen molar-refractivity contribution < 1.29 is 18.0 Å². The summed E-state index contributed by atoms with van der Waals surface area (Å²) in [6.07, 6.45) is 0. The Morgan fingerprint density at radius 2 is 1.85 bits per heavy atom. The molecule has 8 nitrogen and oxygen atoms in total. The van der Waals surface area contributed by atoms with E-state index in [1.54, 1.807) is 12.1 Å². The van der Waals surface area contributed by atoms with Crippen molar-refractivity contribution in [2.45, 2.75) is 18.7 Å². The Bertz CT molecular complexity index is 777. The lowest BCUT2D eigenvalue weighted by Crippen LogP contribution is -2.52. The highest BCUT2D eigenvalue weighted by Crippen LogP contribution is 2.20. The van der Waals surface area contributed by atoms with Crippen LogP contribution in [0.15, 0.2) is 29.2 Å². The number of rotatable bonds is 6. The molecule has 0 unspecified atom stereocenters. The van der Waals surface area contributed by atoms with E-state index in [-0.39, 0.29) is 24.5 Å². The number of nitrogens with one attached hydrogen (secondary N) is 2. The number of halogens is 1. The lowest BCUT2D eigenvalue weighted by atomic mass is 10.2. The summed E-state index contributed by atoms with van der Waals surface area (Å²) in [5, 5.41) is 5.25. The second-order valence-electron chi connectivity index (χ2n) is 6.79. The van der Waals surface area contributed by atoms with Crippen LogP contribution in [0.25, 0.3) is 0 Å². The van der Waals surface area contributed by atoms with Crippen LogP contribution in [0, 0.1) is 5.92 Å². The number of hydrogen-bond acceptors (Lipinski definition) is 5. The molecule has 0 aromatic heterocycles. The first-order chi connectivity index (χ1) is 12.7. The highest BCUT2D eigenvalue weighted by molar-refractivity contribution is 7.89. The molecule has 0 spiro atoms. The number of imide groups is 1. The predicted molar refractivity (Wildman–Crippen MR) is 103 cm³/mol. The maximum atomic E-state index is 12.7. The number of carbonyl (C=O) groups excluding carboxylic acids is 2. The van der Waals surface area contributed by atoms with Crippen LogP contribution in [-0.2, 0) is 14.8 Å². The number of piperazine rings is 1. The van der Waals surface area contributed by atoms with E-state index >= 15 is 0 Å². The summed E-state index contributed by atoms with van der Waals surface area (Å²) in [7, 11) is -3.61. The van der Waals surface area contributed by atoms with Gasteiger partial charge in [-0.1, -0.05) is 31.5 Å². The summed E-state index contributed by atoms with van der Waals surface area (Å²) in [4.78, 5) is 25.5. The third-order valence-corrected chi connectivity index (χ3v) is 6.19. The largest absolute Gasteiger partial charge is 0.338 e. The Morgan fingerprint density at radius 1 is 1.19 bits per heavy atom. The van der Waals surface area contributed by atoms with Crippen LogP contribution in [0.2, 0.25) is 5.02 Å². The number of urea groups is 1. The van der Waals surface area contributed by atoms with Crippen LogP contribution >= 0.6 is 11.6 Å². The van der Waals surface area contributed by atoms with Crippen LogP contribution in [-0.4, -0.2) is 68.8 Å². The summed E-state index contributed by atoms with van der Waals surface area (Å²) in [6.45, 7) is 5.78. The zero-order chi connectivity index (χ0) is 20.0. The fraction of sp³-hybridized carbons (Fsp3) is 0.529. The Kier molecular flexibility index (Phi) is 7.60. The highest BCUT2D eigenvalue weighted by atomic mass is 35.5. The third kappa shape index (κ3) is 6.46. The van der Waals surface area contributed by atoms with Gasteiger partial charge in [0.15, 0.2) is 0 Å². The predicted octanol–water partition coefficient (Wildman–Crippen LogP) is 1.13. The second-order valence-corrected chi connectivity index (χ2v) is 9.16. The molecule has 1 aliphatic rings. The highest BCUT2D eigenvalue weighted by Gasteiger charge is 2.29. The first-order valence-corrected chi connectivity index (χ1v) is 10.6. The van der Waals surface area contributed by atoms with Gasteiger partial charge in [0.25, 0.3) is 0 Å². The van der Waals surface area contributed by atoms with Crippen molar-refractivity contribution in [1.82, 2.24) is 19.8 Å². The molecule has 1 aromatic carbocycles. The minimum Gasteiger partial charge on any atom is -0.338 e. The van der Waals surface area contributed by atoms with Crippen LogP contribution in [0.5, 0.6) is 0 Å². The molecular weight excluding hydrogens is 392 g/mol. The van der Waals surface area contributed by atoms with E-state index in [1.807, 2.05) is 18.7 Å². The summed E-state index contributed by atoms with van der Waals surface area (Å²) in [6, 6.07) is 5.63. The normalized spacial score (nSPS) is 16.3. The van der Waals surface area contributed by atoms with Crippen molar-refractivity contribution in [2.75, 3.05) is 39.3 Å². The smallest absolute Gasteiger partial charge is 0.321 e. The lowest BCUT2D eigenvalue weighted by molar-refractivity contribution is -0.121. The molecule has 1 aromatic rings. The topological polar surface area (TPSA) is 98.8 Å². The molecule has 0 bridgehead atoms. The van der Waals surface area contributed by atoms with E-state index in [4.69, 9.17) is 11.6 Å². The lowest BCUT2D eigenvalue weighted by Gasteiger charge is -2.33. The first kappa shape index (κ1) is 21.6. The number of carbonyl (C=O) groups is 2. The average molecular weight is 417 g/mol. The minimum atomic E-state index is -3.61. The van der Waals surface area contributed by atoms with Crippen LogP contribution in [0.4, 0.5) is 4.79 Å². The van der Waals surface area contributed by atoms with Crippen LogP contribution in [0.1, 0.15) is 13.8 Å². The Morgan fingerprint density at radius 3 is 2.44 bits per heavy atom. The fourth-order valence-corrected chi connectivity index (χ4v) is 4.34. The van der Waals surface area contributed by atoms with Gasteiger partial charge in [-0.15, -0.1) is 0 Å². The van der Waals surface area contributed by atoms with Gasteiger partial charge in [-0.3, -0.25) is 15.0 Å². The molecule has 27 heavy (non-hydrogen) atoms. The van der Waals surface area contributed by atoms with E-state index in [1.165, 1.54) is 16.4 Å². The molecule has 10 heteroatoms. The molecule has 0 radical (unpaired) electrons. The molecular formula is C17H25ClN4O4S. The van der Waals surface area contributed by atoms with Gasteiger partial charge in [0.2, 0.25) is 15.9 Å². The van der Waals surface area contributed by atoms with Gasteiger partial charge < -0.3 is 5.32 Å². The SMILES string of the molecule is CC(C)CNC(=O)NC(=O)CN1CCN(S(=O)(=O)c2cccc(Cl)c2)CC1. The van der Waals surface area contributed by atoms with E-state index in [9.17, 15) is 18.0 Å². The van der Waals surface area contributed by atoms with Gasteiger partial charge in [0.05, 0.1) is 11.4 Å². The zero-order valence-electron chi connectivity index (χ0n) is 15.4. The summed E-state index contributed by atoms with van der Waals surface area (Å²) in [5.41, 5.74) is 0.